The lowest BCUT2D eigenvalue weighted by Crippen LogP contribution is -2.41. The number of methoxy groups -OCH3 is 1. The van der Waals surface area contributed by atoms with E-state index in [1.807, 2.05) is 40.1 Å². The Morgan fingerprint density at radius 3 is 2.40 bits per heavy atom. The molecule has 6 heteroatoms. The number of carbonyl (C=O) groups is 2. The van der Waals surface area contributed by atoms with E-state index in [0.29, 0.717) is 45.8 Å². The molecule has 1 aliphatic heterocycles. The number of rotatable bonds is 8. The van der Waals surface area contributed by atoms with E-state index in [4.69, 9.17) is 4.74 Å². The molecule has 0 saturated carbocycles. The zero-order valence-corrected chi connectivity index (χ0v) is 15.1. The second-order valence-electron chi connectivity index (χ2n) is 6.27. The summed E-state index contributed by atoms with van der Waals surface area (Å²) in [5, 5.41) is 3.08. The Hall–Kier alpha value is -1.92. The molecule has 1 saturated heterocycles. The van der Waals surface area contributed by atoms with Gasteiger partial charge < -0.3 is 19.9 Å². The van der Waals surface area contributed by atoms with Crippen molar-refractivity contribution in [2.24, 2.45) is 0 Å². The molecule has 0 unspecified atom stereocenters. The Kier molecular flexibility index (Phi) is 8.42. The van der Waals surface area contributed by atoms with Gasteiger partial charge in [-0.25, -0.2) is 0 Å². The third-order valence-electron chi connectivity index (χ3n) is 4.43. The fraction of sp³-hybridized carbons (Fsp3) is 0.579. The van der Waals surface area contributed by atoms with Crippen molar-refractivity contribution in [2.45, 2.75) is 19.3 Å². The molecule has 1 aromatic carbocycles. The average Bonchev–Trinajstić information content (AvgIpc) is 2.90. The van der Waals surface area contributed by atoms with Gasteiger partial charge in [0.05, 0.1) is 13.2 Å². The maximum Gasteiger partial charge on any atom is 0.236 e. The van der Waals surface area contributed by atoms with Crippen molar-refractivity contribution in [3.05, 3.63) is 35.9 Å². The lowest BCUT2D eigenvalue weighted by Gasteiger charge is -2.22. The van der Waals surface area contributed by atoms with Crippen LogP contribution in [0.3, 0.4) is 0 Å². The van der Waals surface area contributed by atoms with E-state index in [0.717, 1.165) is 19.4 Å². The second-order valence-corrected chi connectivity index (χ2v) is 6.27. The van der Waals surface area contributed by atoms with Crippen LogP contribution in [0.1, 0.15) is 18.4 Å². The predicted octanol–water partition coefficient (Wildman–Crippen LogP) is 0.916. The third-order valence-corrected chi connectivity index (χ3v) is 4.43. The molecule has 0 aromatic heterocycles. The first-order valence-electron chi connectivity index (χ1n) is 9.00. The number of ether oxygens (including phenoxy) is 1. The van der Waals surface area contributed by atoms with Crippen LogP contribution in [-0.2, 0) is 20.7 Å². The van der Waals surface area contributed by atoms with Crippen molar-refractivity contribution in [3.63, 3.8) is 0 Å². The number of benzene rings is 1. The second kappa shape index (κ2) is 10.8. The highest BCUT2D eigenvalue weighted by molar-refractivity contribution is 5.79. The van der Waals surface area contributed by atoms with E-state index in [-0.39, 0.29) is 11.8 Å². The van der Waals surface area contributed by atoms with Crippen LogP contribution in [0.15, 0.2) is 30.3 Å². The summed E-state index contributed by atoms with van der Waals surface area (Å²) in [5.41, 5.74) is 1.18. The van der Waals surface area contributed by atoms with Crippen LogP contribution in [0.4, 0.5) is 0 Å². The highest BCUT2D eigenvalue weighted by Gasteiger charge is 2.21. The molecule has 0 spiro atoms. The van der Waals surface area contributed by atoms with E-state index in [1.54, 1.807) is 7.11 Å². The monoisotopic (exact) mass is 347 g/mol. The van der Waals surface area contributed by atoms with Gasteiger partial charge in [-0.05, 0) is 18.4 Å². The van der Waals surface area contributed by atoms with E-state index in [1.165, 1.54) is 5.56 Å². The summed E-state index contributed by atoms with van der Waals surface area (Å²) in [7, 11) is 1.64. The number of aryl methyl sites for hydroxylation is 1. The highest BCUT2D eigenvalue weighted by Crippen LogP contribution is 2.08. The molecule has 1 fully saturated rings. The Balaban J connectivity index is 1.72. The van der Waals surface area contributed by atoms with Gasteiger partial charge in [-0.2, -0.15) is 0 Å². The molecule has 1 aromatic rings. The van der Waals surface area contributed by atoms with Crippen molar-refractivity contribution in [1.82, 2.24) is 15.1 Å². The topological polar surface area (TPSA) is 61.9 Å². The Bertz CT molecular complexity index is 536. The Morgan fingerprint density at radius 2 is 1.72 bits per heavy atom. The van der Waals surface area contributed by atoms with Crippen LogP contribution in [0.2, 0.25) is 0 Å². The van der Waals surface area contributed by atoms with Gasteiger partial charge in [0.1, 0.15) is 0 Å². The summed E-state index contributed by atoms with van der Waals surface area (Å²) < 4.78 is 4.95. The van der Waals surface area contributed by atoms with E-state index in [2.05, 4.69) is 5.32 Å². The van der Waals surface area contributed by atoms with Gasteiger partial charge >= 0.3 is 0 Å². The number of carbonyl (C=O) groups excluding carboxylic acids is 2. The molecule has 2 rings (SSSR count). The summed E-state index contributed by atoms with van der Waals surface area (Å²) in [6, 6.07) is 10.1. The largest absolute Gasteiger partial charge is 0.383 e. The van der Waals surface area contributed by atoms with Crippen LogP contribution in [-0.4, -0.2) is 74.6 Å². The van der Waals surface area contributed by atoms with E-state index >= 15 is 0 Å². The minimum absolute atomic E-state index is 0.0923. The number of hydrogen-bond acceptors (Lipinski definition) is 4. The average molecular weight is 347 g/mol. The number of hydrogen-bond donors (Lipinski definition) is 1. The van der Waals surface area contributed by atoms with E-state index in [9.17, 15) is 9.59 Å². The van der Waals surface area contributed by atoms with Crippen LogP contribution >= 0.6 is 0 Å². The summed E-state index contributed by atoms with van der Waals surface area (Å²) in [5.74, 6) is 0.269. The molecule has 1 heterocycles. The maximum absolute atomic E-state index is 12.4. The van der Waals surface area contributed by atoms with Gasteiger partial charge in [-0.1, -0.05) is 30.3 Å². The molecule has 0 bridgehead atoms. The zero-order valence-electron chi connectivity index (χ0n) is 15.1. The normalized spacial score (nSPS) is 15.1. The fourth-order valence-corrected chi connectivity index (χ4v) is 2.95. The molecule has 6 nitrogen and oxygen atoms in total. The molecule has 0 atom stereocenters. The van der Waals surface area contributed by atoms with Gasteiger partial charge in [0.15, 0.2) is 0 Å². The minimum atomic E-state index is 0.0923. The molecule has 0 aliphatic carbocycles. The lowest BCUT2D eigenvalue weighted by molar-refractivity contribution is -0.133. The van der Waals surface area contributed by atoms with Gasteiger partial charge in [0.25, 0.3) is 0 Å². The summed E-state index contributed by atoms with van der Waals surface area (Å²) in [6.45, 7) is 4.27. The van der Waals surface area contributed by atoms with Gasteiger partial charge in [-0.15, -0.1) is 0 Å². The summed E-state index contributed by atoms with van der Waals surface area (Å²) in [6.07, 6.45) is 2.12. The molecular weight excluding hydrogens is 318 g/mol. The summed E-state index contributed by atoms with van der Waals surface area (Å²) >= 11 is 0. The highest BCUT2D eigenvalue weighted by atomic mass is 16.5. The van der Waals surface area contributed by atoms with Gasteiger partial charge in [0, 0.05) is 46.3 Å². The quantitative estimate of drug-likeness (QED) is 0.710. The molecule has 2 amide bonds. The number of amides is 2. The van der Waals surface area contributed by atoms with Gasteiger partial charge in [-0.3, -0.25) is 9.59 Å². The predicted molar refractivity (Wildman–Crippen MR) is 97.3 cm³/mol. The first-order chi connectivity index (χ1) is 12.2. The zero-order chi connectivity index (χ0) is 17.9. The molecule has 1 N–H and O–H groups in total. The lowest BCUT2D eigenvalue weighted by atomic mass is 10.1. The van der Waals surface area contributed by atoms with Crippen LogP contribution < -0.4 is 5.32 Å². The summed E-state index contributed by atoms with van der Waals surface area (Å²) in [4.78, 5) is 28.4. The van der Waals surface area contributed by atoms with E-state index < -0.39 is 0 Å². The molecule has 0 radical (unpaired) electrons. The maximum atomic E-state index is 12.4. The first kappa shape index (κ1) is 19.4. The van der Waals surface area contributed by atoms with Crippen molar-refractivity contribution < 1.29 is 14.3 Å². The van der Waals surface area contributed by atoms with Gasteiger partial charge in [0.2, 0.25) is 11.8 Å². The van der Waals surface area contributed by atoms with Crippen LogP contribution in [0.25, 0.3) is 0 Å². The van der Waals surface area contributed by atoms with Crippen molar-refractivity contribution in [3.8, 4) is 0 Å². The van der Waals surface area contributed by atoms with Crippen molar-refractivity contribution in [2.75, 3.05) is 53.0 Å². The Morgan fingerprint density at radius 1 is 1.04 bits per heavy atom. The van der Waals surface area contributed by atoms with Crippen molar-refractivity contribution >= 4 is 11.8 Å². The first-order valence-corrected chi connectivity index (χ1v) is 9.00. The SMILES string of the molecule is COCCNCC(=O)N1CCCN(C(=O)CCc2ccccc2)CC1. The van der Waals surface area contributed by atoms with Crippen LogP contribution in [0, 0.1) is 0 Å². The smallest absolute Gasteiger partial charge is 0.236 e. The molecule has 138 valence electrons. The molecular formula is C19H29N3O3. The van der Waals surface area contributed by atoms with Crippen molar-refractivity contribution in [1.29, 1.82) is 0 Å². The molecule has 25 heavy (non-hydrogen) atoms. The van der Waals surface area contributed by atoms with Crippen LogP contribution in [0.5, 0.6) is 0 Å². The third kappa shape index (κ3) is 6.84. The number of nitrogens with zero attached hydrogens (tertiary/aromatic N) is 2. The standard InChI is InChI=1S/C19H29N3O3/c1-25-15-10-20-16-19(24)22-12-5-11-21(13-14-22)18(23)9-8-17-6-3-2-4-7-17/h2-4,6-7,20H,5,8-16H2,1H3. The molecule has 1 aliphatic rings. The number of nitrogens with one attached hydrogen (secondary N) is 1. The minimum Gasteiger partial charge on any atom is -0.383 e. The Labute approximate surface area is 150 Å². The fourth-order valence-electron chi connectivity index (χ4n) is 2.95.